The standard InChI is InChI=1S/C15H18FN3/c1-11-18-8-9-19(11)15-3-2-13(10-14(15)16)12-4-6-17-7-5-12/h2-3,8-10,12,17H,4-7H2,1H3. The van der Waals surface area contributed by atoms with Gasteiger partial charge in [-0.25, -0.2) is 9.37 Å². The lowest BCUT2D eigenvalue weighted by atomic mass is 9.90. The third-order valence-corrected chi connectivity index (χ3v) is 3.87. The van der Waals surface area contributed by atoms with Crippen LogP contribution in [0.2, 0.25) is 0 Å². The van der Waals surface area contributed by atoms with Gasteiger partial charge in [-0.1, -0.05) is 6.07 Å². The molecule has 1 fully saturated rings. The molecule has 0 bridgehead atoms. The Morgan fingerprint density at radius 1 is 1.32 bits per heavy atom. The highest BCUT2D eigenvalue weighted by atomic mass is 19.1. The zero-order chi connectivity index (χ0) is 13.2. The number of imidazole rings is 1. The van der Waals surface area contributed by atoms with E-state index in [4.69, 9.17) is 0 Å². The topological polar surface area (TPSA) is 29.9 Å². The predicted molar refractivity (Wildman–Crippen MR) is 73.1 cm³/mol. The van der Waals surface area contributed by atoms with Crippen molar-refractivity contribution in [3.05, 3.63) is 47.8 Å². The highest BCUT2D eigenvalue weighted by molar-refractivity contribution is 5.38. The largest absolute Gasteiger partial charge is 0.317 e. The number of hydrogen-bond donors (Lipinski definition) is 1. The molecule has 0 unspecified atom stereocenters. The van der Waals surface area contributed by atoms with E-state index in [-0.39, 0.29) is 5.82 Å². The zero-order valence-electron chi connectivity index (χ0n) is 11.1. The van der Waals surface area contributed by atoms with Crippen molar-refractivity contribution < 1.29 is 4.39 Å². The van der Waals surface area contributed by atoms with Crippen LogP contribution in [-0.4, -0.2) is 22.6 Å². The van der Waals surface area contributed by atoms with Gasteiger partial charge in [0.05, 0.1) is 5.69 Å². The maximum Gasteiger partial charge on any atom is 0.147 e. The molecule has 1 aromatic heterocycles. The molecule has 1 aromatic carbocycles. The minimum atomic E-state index is -0.169. The van der Waals surface area contributed by atoms with E-state index in [0.29, 0.717) is 11.6 Å². The second-order valence-electron chi connectivity index (χ2n) is 5.08. The van der Waals surface area contributed by atoms with Gasteiger partial charge in [-0.15, -0.1) is 0 Å². The summed E-state index contributed by atoms with van der Waals surface area (Å²) in [5, 5.41) is 3.33. The summed E-state index contributed by atoms with van der Waals surface area (Å²) in [4.78, 5) is 4.13. The molecule has 3 nitrogen and oxygen atoms in total. The summed E-state index contributed by atoms with van der Waals surface area (Å²) in [6.07, 6.45) is 5.65. The number of aromatic nitrogens is 2. The number of nitrogens with zero attached hydrogens (tertiary/aromatic N) is 2. The van der Waals surface area contributed by atoms with Crippen molar-refractivity contribution in [2.24, 2.45) is 0 Å². The lowest BCUT2D eigenvalue weighted by molar-refractivity contribution is 0.458. The third-order valence-electron chi connectivity index (χ3n) is 3.87. The van der Waals surface area contributed by atoms with E-state index < -0.39 is 0 Å². The average molecular weight is 259 g/mol. The second kappa shape index (κ2) is 5.13. The number of halogens is 1. The van der Waals surface area contributed by atoms with Gasteiger partial charge in [0.25, 0.3) is 0 Å². The van der Waals surface area contributed by atoms with Crippen LogP contribution in [0.15, 0.2) is 30.6 Å². The Hall–Kier alpha value is -1.68. The molecule has 100 valence electrons. The van der Waals surface area contributed by atoms with Crippen molar-refractivity contribution in [3.63, 3.8) is 0 Å². The fourth-order valence-electron chi connectivity index (χ4n) is 2.76. The average Bonchev–Trinajstić information content (AvgIpc) is 2.86. The van der Waals surface area contributed by atoms with Crippen molar-refractivity contribution in [2.75, 3.05) is 13.1 Å². The van der Waals surface area contributed by atoms with Gasteiger partial charge >= 0.3 is 0 Å². The van der Waals surface area contributed by atoms with Crippen LogP contribution in [0.25, 0.3) is 5.69 Å². The molecule has 0 spiro atoms. The van der Waals surface area contributed by atoms with Crippen molar-refractivity contribution in [1.82, 2.24) is 14.9 Å². The fourth-order valence-corrected chi connectivity index (χ4v) is 2.76. The molecule has 0 radical (unpaired) electrons. The Morgan fingerprint density at radius 2 is 2.11 bits per heavy atom. The van der Waals surface area contributed by atoms with Crippen LogP contribution in [0.3, 0.4) is 0 Å². The summed E-state index contributed by atoms with van der Waals surface area (Å²) >= 11 is 0. The monoisotopic (exact) mass is 259 g/mol. The van der Waals surface area contributed by atoms with Crippen LogP contribution in [-0.2, 0) is 0 Å². The molecular formula is C15H18FN3. The molecule has 4 heteroatoms. The summed E-state index contributed by atoms with van der Waals surface area (Å²) in [6, 6.07) is 5.60. The Morgan fingerprint density at radius 3 is 2.74 bits per heavy atom. The van der Waals surface area contributed by atoms with Crippen LogP contribution in [0.1, 0.15) is 30.1 Å². The van der Waals surface area contributed by atoms with Crippen molar-refractivity contribution in [3.8, 4) is 5.69 Å². The Kier molecular flexibility index (Phi) is 3.34. The van der Waals surface area contributed by atoms with Gasteiger partial charge in [0, 0.05) is 12.4 Å². The van der Waals surface area contributed by atoms with Crippen molar-refractivity contribution in [1.29, 1.82) is 0 Å². The Bertz CT molecular complexity index is 571. The summed E-state index contributed by atoms with van der Waals surface area (Å²) in [5.41, 5.74) is 1.69. The van der Waals surface area contributed by atoms with E-state index in [9.17, 15) is 4.39 Å². The number of aryl methyl sites for hydroxylation is 1. The molecule has 19 heavy (non-hydrogen) atoms. The number of rotatable bonds is 2. The highest BCUT2D eigenvalue weighted by Gasteiger charge is 2.17. The van der Waals surface area contributed by atoms with Crippen LogP contribution >= 0.6 is 0 Å². The number of nitrogens with one attached hydrogen (secondary N) is 1. The molecule has 1 aliphatic heterocycles. The first-order valence-electron chi connectivity index (χ1n) is 6.76. The van der Waals surface area contributed by atoms with E-state index in [1.807, 2.05) is 19.1 Å². The minimum Gasteiger partial charge on any atom is -0.317 e. The molecular weight excluding hydrogens is 241 g/mol. The zero-order valence-corrected chi connectivity index (χ0v) is 11.1. The predicted octanol–water partition coefficient (Wildman–Crippen LogP) is 2.79. The van der Waals surface area contributed by atoms with Crippen molar-refractivity contribution >= 4 is 0 Å². The van der Waals surface area contributed by atoms with Gasteiger partial charge in [0.2, 0.25) is 0 Å². The molecule has 3 rings (SSSR count). The van der Waals surface area contributed by atoms with Crippen LogP contribution in [0, 0.1) is 12.7 Å². The summed E-state index contributed by atoms with van der Waals surface area (Å²) in [7, 11) is 0. The van der Waals surface area contributed by atoms with E-state index in [1.165, 1.54) is 0 Å². The van der Waals surface area contributed by atoms with Crippen LogP contribution < -0.4 is 5.32 Å². The van der Waals surface area contributed by atoms with Gasteiger partial charge in [-0.2, -0.15) is 0 Å². The molecule has 0 saturated carbocycles. The van der Waals surface area contributed by atoms with Gasteiger partial charge in [-0.3, -0.25) is 0 Å². The first-order chi connectivity index (χ1) is 9.25. The summed E-state index contributed by atoms with van der Waals surface area (Å²) < 4.78 is 16.1. The number of piperidine rings is 1. The SMILES string of the molecule is Cc1nccn1-c1ccc(C2CCNCC2)cc1F. The molecule has 0 aliphatic carbocycles. The summed E-state index contributed by atoms with van der Waals surface area (Å²) in [5.74, 6) is 1.11. The highest BCUT2D eigenvalue weighted by Crippen LogP contribution is 2.27. The molecule has 0 amide bonds. The first kappa shape index (κ1) is 12.4. The van der Waals surface area contributed by atoms with Gasteiger partial charge in [-0.05, 0) is 56.5 Å². The third kappa shape index (κ3) is 2.40. The lowest BCUT2D eigenvalue weighted by Gasteiger charge is -2.23. The second-order valence-corrected chi connectivity index (χ2v) is 5.08. The first-order valence-corrected chi connectivity index (χ1v) is 6.76. The maximum atomic E-state index is 14.3. The maximum absolute atomic E-state index is 14.3. The smallest absolute Gasteiger partial charge is 0.147 e. The number of benzene rings is 1. The minimum absolute atomic E-state index is 0.169. The van der Waals surface area contributed by atoms with Gasteiger partial charge in [0.15, 0.2) is 0 Å². The summed E-state index contributed by atoms with van der Waals surface area (Å²) in [6.45, 7) is 3.92. The number of hydrogen-bond acceptors (Lipinski definition) is 2. The van der Waals surface area contributed by atoms with E-state index in [2.05, 4.69) is 10.3 Å². The quantitative estimate of drug-likeness (QED) is 0.898. The van der Waals surface area contributed by atoms with Crippen molar-refractivity contribution in [2.45, 2.75) is 25.7 Å². The van der Waals surface area contributed by atoms with E-state index in [0.717, 1.165) is 37.3 Å². The van der Waals surface area contributed by atoms with Crippen LogP contribution in [0.4, 0.5) is 4.39 Å². The fraction of sp³-hybridized carbons (Fsp3) is 0.400. The molecule has 2 heterocycles. The molecule has 2 aromatic rings. The van der Waals surface area contributed by atoms with Gasteiger partial charge in [0.1, 0.15) is 11.6 Å². The molecule has 1 N–H and O–H groups in total. The lowest BCUT2D eigenvalue weighted by Crippen LogP contribution is -2.26. The molecule has 0 atom stereocenters. The molecule has 1 aliphatic rings. The van der Waals surface area contributed by atoms with Crippen LogP contribution in [0.5, 0.6) is 0 Å². The van der Waals surface area contributed by atoms with E-state index in [1.54, 1.807) is 23.0 Å². The Balaban J connectivity index is 1.91. The Labute approximate surface area is 112 Å². The van der Waals surface area contributed by atoms with E-state index >= 15 is 0 Å². The normalized spacial score (nSPS) is 16.7. The van der Waals surface area contributed by atoms with Gasteiger partial charge < -0.3 is 9.88 Å². The molecule has 1 saturated heterocycles.